The number of halogens is 2. The number of amides is 1. The summed E-state index contributed by atoms with van der Waals surface area (Å²) < 4.78 is 13.7. The molecule has 1 amide bonds. The molecule has 18 heavy (non-hydrogen) atoms. The van der Waals surface area contributed by atoms with Crippen LogP contribution in [0.15, 0.2) is 18.2 Å². The van der Waals surface area contributed by atoms with Crippen molar-refractivity contribution in [2.24, 2.45) is 0 Å². The molecule has 0 saturated carbocycles. The number of carbonyl (C=O) groups is 1. The number of hydrogen-bond donors (Lipinski definition) is 0. The molecule has 0 unspecified atom stereocenters. The first-order valence-electron chi connectivity index (χ1n) is 5.64. The first kappa shape index (κ1) is 14.5. The highest BCUT2D eigenvalue weighted by Crippen LogP contribution is 2.13. The van der Waals surface area contributed by atoms with E-state index in [1.54, 1.807) is 0 Å². The second-order valence-electron chi connectivity index (χ2n) is 3.76. The van der Waals surface area contributed by atoms with Gasteiger partial charge in [0.2, 0.25) is 5.91 Å². The van der Waals surface area contributed by atoms with E-state index in [-0.39, 0.29) is 30.3 Å². The Labute approximate surface area is 111 Å². The summed E-state index contributed by atoms with van der Waals surface area (Å²) in [5.41, 5.74) is 0.671. The minimum Gasteiger partial charge on any atom is -0.339 e. The fourth-order valence-corrected chi connectivity index (χ4v) is 1.73. The largest absolute Gasteiger partial charge is 0.339 e. The van der Waals surface area contributed by atoms with Crippen molar-refractivity contribution in [2.75, 3.05) is 12.4 Å². The van der Waals surface area contributed by atoms with Gasteiger partial charge in [-0.05, 0) is 19.1 Å². The molecule has 0 spiro atoms. The van der Waals surface area contributed by atoms with Crippen molar-refractivity contribution in [1.29, 1.82) is 5.26 Å². The maximum atomic E-state index is 13.7. The average Bonchev–Trinajstić information content (AvgIpc) is 2.37. The smallest absolute Gasteiger partial charge is 0.224 e. The minimum atomic E-state index is -0.467. The number of carbonyl (C=O) groups excluding carboxylic acids is 1. The summed E-state index contributed by atoms with van der Waals surface area (Å²) in [6.07, 6.45) is 0.243. The Kier molecular flexibility index (Phi) is 5.60. The average molecular weight is 269 g/mol. The molecule has 96 valence electrons. The van der Waals surface area contributed by atoms with Crippen molar-refractivity contribution in [3.05, 3.63) is 35.1 Å². The number of hydrogen-bond acceptors (Lipinski definition) is 2. The Morgan fingerprint density at radius 1 is 1.56 bits per heavy atom. The third kappa shape index (κ3) is 3.71. The molecule has 0 aliphatic rings. The molecule has 3 nitrogen and oxygen atoms in total. The van der Waals surface area contributed by atoms with Crippen LogP contribution in [0.1, 0.15) is 24.5 Å². The summed E-state index contributed by atoms with van der Waals surface area (Å²) in [4.78, 5) is 13.2. The molecule has 0 heterocycles. The van der Waals surface area contributed by atoms with Crippen LogP contribution in [0, 0.1) is 17.1 Å². The zero-order chi connectivity index (χ0) is 13.5. The predicted octanol–water partition coefficient (Wildman–Crippen LogP) is 2.67. The fraction of sp³-hybridized carbons (Fsp3) is 0.385. The normalized spacial score (nSPS) is 9.89. The number of nitrogens with zero attached hydrogens (tertiary/aromatic N) is 2. The van der Waals surface area contributed by atoms with Crippen molar-refractivity contribution in [3.8, 4) is 6.07 Å². The van der Waals surface area contributed by atoms with Gasteiger partial charge in [0.15, 0.2) is 0 Å². The number of rotatable bonds is 5. The SMILES string of the molecule is CCN(Cc1ccc(C#N)cc1F)C(=O)CCCl. The highest BCUT2D eigenvalue weighted by molar-refractivity contribution is 6.18. The molecule has 0 aromatic heterocycles. The van der Waals surface area contributed by atoms with Crippen LogP contribution in [0.4, 0.5) is 4.39 Å². The lowest BCUT2D eigenvalue weighted by Gasteiger charge is -2.20. The van der Waals surface area contributed by atoms with Gasteiger partial charge in [0.05, 0.1) is 11.6 Å². The molecule has 0 bridgehead atoms. The Hall–Kier alpha value is -1.60. The monoisotopic (exact) mass is 268 g/mol. The van der Waals surface area contributed by atoms with Crippen molar-refractivity contribution >= 4 is 17.5 Å². The maximum Gasteiger partial charge on any atom is 0.224 e. The van der Waals surface area contributed by atoms with Crippen molar-refractivity contribution < 1.29 is 9.18 Å². The zero-order valence-electron chi connectivity index (χ0n) is 10.1. The van der Waals surface area contributed by atoms with Gasteiger partial charge in [-0.1, -0.05) is 6.07 Å². The van der Waals surface area contributed by atoms with Gasteiger partial charge in [-0.25, -0.2) is 4.39 Å². The molecule has 1 aromatic carbocycles. The molecule has 1 aromatic rings. The van der Waals surface area contributed by atoms with E-state index in [0.717, 1.165) is 0 Å². The van der Waals surface area contributed by atoms with Gasteiger partial charge in [0.25, 0.3) is 0 Å². The lowest BCUT2D eigenvalue weighted by atomic mass is 10.1. The van der Waals surface area contributed by atoms with Crippen molar-refractivity contribution in [2.45, 2.75) is 19.9 Å². The standard InChI is InChI=1S/C13H14ClFN2O/c1-2-17(13(18)5-6-14)9-11-4-3-10(8-16)7-12(11)15/h3-4,7H,2,5-6,9H2,1H3. The zero-order valence-corrected chi connectivity index (χ0v) is 10.9. The van der Waals surface area contributed by atoms with Gasteiger partial charge in [0, 0.05) is 31.0 Å². The predicted molar refractivity (Wildman–Crippen MR) is 67.5 cm³/mol. The molecule has 0 radical (unpaired) electrons. The first-order valence-corrected chi connectivity index (χ1v) is 6.18. The van der Waals surface area contributed by atoms with Crippen molar-refractivity contribution in [1.82, 2.24) is 4.90 Å². The van der Waals surface area contributed by atoms with E-state index < -0.39 is 5.82 Å². The number of nitriles is 1. The van der Waals surface area contributed by atoms with Gasteiger partial charge in [-0.2, -0.15) is 5.26 Å². The Morgan fingerprint density at radius 2 is 2.28 bits per heavy atom. The summed E-state index contributed by atoms with van der Waals surface area (Å²) in [5.74, 6) is -0.312. The van der Waals surface area contributed by atoms with Gasteiger partial charge in [0.1, 0.15) is 5.82 Å². The molecule has 0 N–H and O–H groups in total. The highest BCUT2D eigenvalue weighted by atomic mass is 35.5. The third-order valence-electron chi connectivity index (χ3n) is 2.59. The van der Waals surface area contributed by atoms with Crippen molar-refractivity contribution in [3.63, 3.8) is 0 Å². The molecule has 5 heteroatoms. The molecule has 0 atom stereocenters. The Balaban J connectivity index is 2.82. The van der Waals surface area contributed by atoms with Gasteiger partial charge in [-0.3, -0.25) is 4.79 Å². The van der Waals surface area contributed by atoms with Crippen LogP contribution in [-0.2, 0) is 11.3 Å². The van der Waals surface area contributed by atoms with E-state index in [1.165, 1.54) is 23.1 Å². The van der Waals surface area contributed by atoms with E-state index in [0.29, 0.717) is 12.1 Å². The maximum absolute atomic E-state index is 13.7. The quantitative estimate of drug-likeness (QED) is 0.771. The van der Waals surface area contributed by atoms with E-state index >= 15 is 0 Å². The van der Waals surface area contributed by atoms with E-state index in [9.17, 15) is 9.18 Å². The first-order chi connectivity index (χ1) is 8.62. The summed E-state index contributed by atoms with van der Waals surface area (Å²) in [6.45, 7) is 2.52. The summed E-state index contributed by atoms with van der Waals surface area (Å²) >= 11 is 5.51. The van der Waals surface area contributed by atoms with E-state index in [2.05, 4.69) is 0 Å². The van der Waals surface area contributed by atoms with E-state index in [1.807, 2.05) is 13.0 Å². The lowest BCUT2D eigenvalue weighted by Crippen LogP contribution is -2.30. The van der Waals surface area contributed by atoms with Gasteiger partial charge in [-0.15, -0.1) is 11.6 Å². The molecule has 1 rings (SSSR count). The Morgan fingerprint density at radius 3 is 2.78 bits per heavy atom. The fourth-order valence-electron chi connectivity index (χ4n) is 1.57. The highest BCUT2D eigenvalue weighted by Gasteiger charge is 2.13. The molecular formula is C13H14ClFN2O. The second-order valence-corrected chi connectivity index (χ2v) is 4.14. The summed E-state index contributed by atoms with van der Waals surface area (Å²) in [5, 5.41) is 8.64. The van der Waals surface area contributed by atoms with Crippen LogP contribution >= 0.6 is 11.6 Å². The van der Waals surface area contributed by atoms with Gasteiger partial charge < -0.3 is 4.90 Å². The topological polar surface area (TPSA) is 44.1 Å². The van der Waals surface area contributed by atoms with Crippen LogP contribution in [0.5, 0.6) is 0 Å². The van der Waals surface area contributed by atoms with Crippen LogP contribution in [0.3, 0.4) is 0 Å². The lowest BCUT2D eigenvalue weighted by molar-refractivity contribution is -0.131. The summed E-state index contributed by atoms with van der Waals surface area (Å²) in [7, 11) is 0. The number of benzene rings is 1. The molecule has 0 saturated heterocycles. The van der Waals surface area contributed by atoms with Crippen LogP contribution in [-0.4, -0.2) is 23.2 Å². The number of alkyl halides is 1. The van der Waals surface area contributed by atoms with Crippen LogP contribution < -0.4 is 0 Å². The van der Waals surface area contributed by atoms with E-state index in [4.69, 9.17) is 16.9 Å². The minimum absolute atomic E-state index is 0.101. The van der Waals surface area contributed by atoms with Crippen LogP contribution in [0.25, 0.3) is 0 Å². The Bertz CT molecular complexity index is 471. The molecule has 0 fully saturated rings. The second kappa shape index (κ2) is 6.97. The third-order valence-corrected chi connectivity index (χ3v) is 2.78. The summed E-state index contributed by atoms with van der Waals surface area (Å²) in [6, 6.07) is 6.12. The van der Waals surface area contributed by atoms with Gasteiger partial charge >= 0.3 is 0 Å². The molecule has 0 aliphatic heterocycles. The van der Waals surface area contributed by atoms with Crippen LogP contribution in [0.2, 0.25) is 0 Å². The molecule has 0 aliphatic carbocycles. The molecular weight excluding hydrogens is 255 g/mol.